The van der Waals surface area contributed by atoms with Gasteiger partial charge in [0.15, 0.2) is 0 Å². The fourth-order valence-electron chi connectivity index (χ4n) is 2.20. The van der Waals surface area contributed by atoms with Crippen molar-refractivity contribution >= 4 is 23.0 Å². The van der Waals surface area contributed by atoms with Crippen LogP contribution in [-0.4, -0.2) is 28.6 Å². The fraction of sp³-hybridized carbons (Fsp3) is 0.143. The zero-order valence-corrected chi connectivity index (χ0v) is 10.9. The molecule has 0 spiro atoms. The topological polar surface area (TPSA) is 84.5 Å². The molecule has 6 heteroatoms. The molecule has 0 radical (unpaired) electrons. The molecule has 3 rings (SSSR count). The van der Waals surface area contributed by atoms with Gasteiger partial charge < -0.3 is 10.6 Å². The molecule has 1 amide bonds. The lowest BCUT2D eigenvalue weighted by atomic mass is 10.0. The zero-order valence-electron chi connectivity index (χ0n) is 10.9. The first-order chi connectivity index (χ1) is 9.66. The summed E-state index contributed by atoms with van der Waals surface area (Å²) < 4.78 is 0. The van der Waals surface area contributed by atoms with Crippen LogP contribution in [0.15, 0.2) is 41.9 Å². The van der Waals surface area contributed by atoms with Gasteiger partial charge in [-0.25, -0.2) is 9.97 Å². The number of fused-ring (bicyclic) bond motifs is 1. The van der Waals surface area contributed by atoms with Crippen LogP contribution in [-0.2, 0) is 11.3 Å². The van der Waals surface area contributed by atoms with Gasteiger partial charge >= 0.3 is 0 Å². The molecule has 1 aliphatic heterocycles. The molecule has 0 unspecified atom stereocenters. The molecule has 0 bridgehead atoms. The molecule has 0 atom stereocenters. The zero-order chi connectivity index (χ0) is 14.1. The van der Waals surface area contributed by atoms with Gasteiger partial charge in [-0.3, -0.25) is 9.79 Å². The molecule has 100 valence electrons. The first-order valence-electron chi connectivity index (χ1n) is 6.13. The van der Waals surface area contributed by atoms with E-state index in [1.807, 2.05) is 30.1 Å². The minimum Gasteiger partial charge on any atom is -0.364 e. The number of aromatic nitrogens is 2. The van der Waals surface area contributed by atoms with Crippen LogP contribution < -0.4 is 10.6 Å². The molecule has 2 N–H and O–H groups in total. The minimum absolute atomic E-state index is 0.347. The second kappa shape index (κ2) is 4.73. The summed E-state index contributed by atoms with van der Waals surface area (Å²) in [7, 11) is 1.91. The third-order valence-electron chi connectivity index (χ3n) is 3.31. The molecule has 1 aromatic carbocycles. The minimum atomic E-state index is -0.494. The van der Waals surface area contributed by atoms with Gasteiger partial charge in [0, 0.05) is 18.3 Å². The van der Waals surface area contributed by atoms with Crippen molar-refractivity contribution in [1.29, 1.82) is 0 Å². The van der Waals surface area contributed by atoms with Crippen LogP contribution in [0.25, 0.3) is 0 Å². The Morgan fingerprint density at radius 3 is 2.70 bits per heavy atom. The van der Waals surface area contributed by atoms with Gasteiger partial charge in [0.1, 0.15) is 12.0 Å². The molecule has 20 heavy (non-hydrogen) atoms. The maximum Gasteiger partial charge on any atom is 0.267 e. The Morgan fingerprint density at radius 1 is 1.25 bits per heavy atom. The van der Waals surface area contributed by atoms with E-state index in [1.54, 1.807) is 12.4 Å². The quantitative estimate of drug-likeness (QED) is 0.900. The summed E-state index contributed by atoms with van der Waals surface area (Å²) in [5.74, 6) is -0.494. The van der Waals surface area contributed by atoms with Gasteiger partial charge in [-0.1, -0.05) is 6.07 Å². The van der Waals surface area contributed by atoms with Gasteiger partial charge in [-0.05, 0) is 17.7 Å². The van der Waals surface area contributed by atoms with E-state index in [2.05, 4.69) is 15.0 Å². The van der Waals surface area contributed by atoms with Crippen molar-refractivity contribution in [2.24, 2.45) is 10.7 Å². The largest absolute Gasteiger partial charge is 0.364 e. The van der Waals surface area contributed by atoms with E-state index in [1.165, 1.54) is 6.33 Å². The van der Waals surface area contributed by atoms with Gasteiger partial charge in [-0.2, -0.15) is 0 Å². The number of primary amides is 1. The maximum absolute atomic E-state index is 11.4. The Kier molecular flexibility index (Phi) is 2.90. The number of rotatable bonds is 3. The highest BCUT2D eigenvalue weighted by molar-refractivity contribution is 6.46. The van der Waals surface area contributed by atoms with Crippen molar-refractivity contribution in [3.63, 3.8) is 0 Å². The Morgan fingerprint density at radius 2 is 2.00 bits per heavy atom. The van der Waals surface area contributed by atoms with Crippen molar-refractivity contribution in [3.8, 4) is 0 Å². The predicted molar refractivity (Wildman–Crippen MR) is 76.0 cm³/mol. The second-order valence-electron chi connectivity index (χ2n) is 4.53. The number of hydrogen-bond donors (Lipinski definition) is 1. The summed E-state index contributed by atoms with van der Waals surface area (Å²) in [6.45, 7) is 0.506. The Bertz CT molecular complexity index is 696. The van der Waals surface area contributed by atoms with Crippen molar-refractivity contribution < 1.29 is 4.79 Å². The number of nitrogens with two attached hydrogens (primary N) is 1. The molecule has 0 saturated carbocycles. The lowest BCUT2D eigenvalue weighted by molar-refractivity contribution is -0.111. The molecular formula is C14H13N5O. The van der Waals surface area contributed by atoms with E-state index in [9.17, 15) is 4.79 Å². The van der Waals surface area contributed by atoms with Gasteiger partial charge in [-0.15, -0.1) is 0 Å². The maximum atomic E-state index is 11.4. The monoisotopic (exact) mass is 267 g/mol. The van der Waals surface area contributed by atoms with E-state index in [0.717, 1.165) is 22.5 Å². The van der Waals surface area contributed by atoms with Crippen LogP contribution >= 0.6 is 0 Å². The third kappa shape index (κ3) is 2.01. The highest BCUT2D eigenvalue weighted by Crippen LogP contribution is 2.27. The molecule has 2 aromatic rings. The normalized spacial score (nSPS) is 12.8. The second-order valence-corrected chi connectivity index (χ2v) is 4.53. The number of nitrogens with zero attached hydrogens (tertiary/aromatic N) is 4. The van der Waals surface area contributed by atoms with Crippen LogP contribution in [0.1, 0.15) is 11.1 Å². The molecule has 1 aromatic heterocycles. The van der Waals surface area contributed by atoms with Crippen LogP contribution in [0.4, 0.5) is 11.4 Å². The van der Waals surface area contributed by atoms with E-state index in [4.69, 9.17) is 5.73 Å². The average Bonchev–Trinajstić information content (AvgIpc) is 2.90. The summed E-state index contributed by atoms with van der Waals surface area (Å²) in [4.78, 5) is 25.5. The summed E-state index contributed by atoms with van der Waals surface area (Å²) >= 11 is 0. The Balaban J connectivity index is 1.99. The molecular weight excluding hydrogens is 254 g/mol. The summed E-state index contributed by atoms with van der Waals surface area (Å²) in [6.07, 6.45) is 4.94. The number of benzene rings is 1. The smallest absolute Gasteiger partial charge is 0.267 e. The van der Waals surface area contributed by atoms with E-state index in [0.29, 0.717) is 12.3 Å². The summed E-state index contributed by atoms with van der Waals surface area (Å²) in [6, 6.07) is 5.86. The van der Waals surface area contributed by atoms with Crippen molar-refractivity contribution in [3.05, 3.63) is 48.0 Å². The first-order valence-corrected chi connectivity index (χ1v) is 6.13. The highest BCUT2D eigenvalue weighted by atomic mass is 16.1. The van der Waals surface area contributed by atoms with Crippen LogP contribution in [0.2, 0.25) is 0 Å². The highest BCUT2D eigenvalue weighted by Gasteiger charge is 2.21. The fourth-order valence-corrected chi connectivity index (χ4v) is 2.20. The van der Waals surface area contributed by atoms with Crippen LogP contribution in [0, 0.1) is 0 Å². The number of carbonyl (C=O) groups excluding carboxylic acids is 1. The van der Waals surface area contributed by atoms with Crippen molar-refractivity contribution in [2.75, 3.05) is 11.9 Å². The Labute approximate surface area is 116 Å². The molecule has 0 aliphatic carbocycles. The van der Waals surface area contributed by atoms with E-state index < -0.39 is 5.91 Å². The first kappa shape index (κ1) is 12.3. The lowest BCUT2D eigenvalue weighted by Crippen LogP contribution is -2.23. The SMILES string of the molecule is CN(c1cncnc1)c1ccc2c(c1)C(C(N)=O)=NC2. The van der Waals surface area contributed by atoms with Crippen molar-refractivity contribution in [2.45, 2.75) is 6.54 Å². The van der Waals surface area contributed by atoms with Gasteiger partial charge in [0.2, 0.25) is 0 Å². The number of amides is 1. The lowest BCUT2D eigenvalue weighted by Gasteiger charge is -2.19. The number of carbonyl (C=O) groups is 1. The molecule has 1 aliphatic rings. The number of hydrogen-bond acceptors (Lipinski definition) is 5. The molecule has 2 heterocycles. The predicted octanol–water partition coefficient (Wildman–Crippen LogP) is 1.03. The van der Waals surface area contributed by atoms with E-state index >= 15 is 0 Å². The average molecular weight is 267 g/mol. The van der Waals surface area contributed by atoms with Gasteiger partial charge in [0.25, 0.3) is 5.91 Å². The van der Waals surface area contributed by atoms with E-state index in [-0.39, 0.29) is 0 Å². The standard InChI is InChI=1S/C14H13N5O/c1-19(11-6-16-8-17-7-11)10-3-2-9-5-18-13(14(15)20)12(9)4-10/h2-4,6-8H,5H2,1H3,(H2,15,20). The third-order valence-corrected chi connectivity index (χ3v) is 3.31. The molecule has 6 nitrogen and oxygen atoms in total. The summed E-state index contributed by atoms with van der Waals surface area (Å²) in [5, 5.41) is 0. The number of anilines is 2. The Hall–Kier alpha value is -2.76. The molecule has 0 saturated heterocycles. The summed E-state index contributed by atoms with van der Waals surface area (Å²) in [5.41, 5.74) is 9.30. The molecule has 0 fully saturated rings. The van der Waals surface area contributed by atoms with Crippen molar-refractivity contribution in [1.82, 2.24) is 9.97 Å². The van der Waals surface area contributed by atoms with Crippen LogP contribution in [0.5, 0.6) is 0 Å². The number of aliphatic imine (C=N–C) groups is 1. The van der Waals surface area contributed by atoms with Gasteiger partial charge in [0.05, 0.1) is 24.6 Å². The van der Waals surface area contributed by atoms with Crippen LogP contribution in [0.3, 0.4) is 0 Å².